The summed E-state index contributed by atoms with van der Waals surface area (Å²) in [5.74, 6) is -0.218. The molecular weight excluding hydrogens is 265 g/mol. The Morgan fingerprint density at radius 3 is 2.71 bits per heavy atom. The fraction of sp³-hybridized carbons (Fsp3) is 0.100. The second-order valence-electron chi connectivity index (χ2n) is 3.00. The van der Waals surface area contributed by atoms with E-state index in [9.17, 15) is 4.39 Å². The topological polar surface area (TPSA) is 12.9 Å². The third-order valence-corrected chi connectivity index (χ3v) is 3.18. The van der Waals surface area contributed by atoms with Crippen molar-refractivity contribution in [3.8, 4) is 11.3 Å². The maximum absolute atomic E-state index is 13.1. The van der Waals surface area contributed by atoms with Crippen molar-refractivity contribution in [2.45, 2.75) is 6.92 Å². The molecule has 0 aliphatic heterocycles. The predicted octanol–water partition coefficient (Wildman–Crippen LogP) is 4.02. The Kier molecular flexibility index (Phi) is 2.65. The Labute approximate surface area is 93.7 Å². The predicted molar refractivity (Wildman–Crippen MR) is 59.9 cm³/mol. The highest BCUT2D eigenvalue weighted by atomic mass is 79.9. The summed E-state index contributed by atoms with van der Waals surface area (Å²) < 4.78 is 13.9. The van der Waals surface area contributed by atoms with Gasteiger partial charge < -0.3 is 0 Å². The molecule has 1 aromatic heterocycles. The van der Waals surface area contributed by atoms with E-state index in [1.54, 1.807) is 0 Å². The van der Waals surface area contributed by atoms with Gasteiger partial charge in [-0.15, -0.1) is 11.3 Å². The average molecular weight is 272 g/mol. The fourth-order valence-corrected chi connectivity index (χ4v) is 2.29. The van der Waals surface area contributed by atoms with Crippen molar-refractivity contribution in [3.63, 3.8) is 0 Å². The fourth-order valence-electron chi connectivity index (χ4n) is 1.27. The second kappa shape index (κ2) is 3.79. The zero-order valence-electron chi connectivity index (χ0n) is 7.42. The third kappa shape index (κ3) is 2.01. The molecule has 0 bridgehead atoms. The van der Waals surface area contributed by atoms with Crippen LogP contribution in [-0.4, -0.2) is 4.98 Å². The molecule has 0 aliphatic rings. The molecule has 0 saturated heterocycles. The Hall–Kier alpha value is -0.740. The molecule has 0 N–H and O–H groups in total. The average Bonchev–Trinajstić information content (AvgIpc) is 2.50. The molecule has 0 unspecified atom stereocenters. The first-order valence-electron chi connectivity index (χ1n) is 4.04. The number of benzene rings is 1. The summed E-state index contributed by atoms with van der Waals surface area (Å²) in [4.78, 5) is 4.23. The van der Waals surface area contributed by atoms with Crippen LogP contribution in [0.3, 0.4) is 0 Å². The van der Waals surface area contributed by atoms with Crippen molar-refractivity contribution in [1.82, 2.24) is 4.98 Å². The molecule has 1 aromatic carbocycles. The molecule has 0 spiro atoms. The Balaban J connectivity index is 2.51. The number of nitrogens with zero attached hydrogens (tertiary/aromatic N) is 1. The van der Waals surface area contributed by atoms with Crippen molar-refractivity contribution < 1.29 is 4.39 Å². The molecule has 0 fully saturated rings. The summed E-state index contributed by atoms with van der Waals surface area (Å²) in [5.41, 5.74) is 2.54. The molecule has 2 rings (SSSR count). The van der Waals surface area contributed by atoms with Crippen LogP contribution in [0.25, 0.3) is 11.3 Å². The van der Waals surface area contributed by atoms with Crippen molar-refractivity contribution in [1.29, 1.82) is 0 Å². The van der Waals surface area contributed by atoms with Gasteiger partial charge in [0.2, 0.25) is 0 Å². The van der Waals surface area contributed by atoms with Crippen LogP contribution in [-0.2, 0) is 0 Å². The highest BCUT2D eigenvalue weighted by Gasteiger charge is 2.04. The summed E-state index contributed by atoms with van der Waals surface area (Å²) >= 11 is 4.77. The Morgan fingerprint density at radius 2 is 2.14 bits per heavy atom. The number of halogens is 2. The van der Waals surface area contributed by atoms with Crippen LogP contribution in [0.2, 0.25) is 0 Å². The van der Waals surface area contributed by atoms with Gasteiger partial charge in [-0.3, -0.25) is 0 Å². The minimum Gasteiger partial charge on any atom is -0.229 e. The first-order chi connectivity index (χ1) is 6.65. The van der Waals surface area contributed by atoms with Crippen LogP contribution in [0.15, 0.2) is 27.5 Å². The minimum atomic E-state index is -0.218. The van der Waals surface area contributed by atoms with Gasteiger partial charge in [0, 0.05) is 10.9 Å². The van der Waals surface area contributed by atoms with Gasteiger partial charge in [0.1, 0.15) is 5.82 Å². The van der Waals surface area contributed by atoms with E-state index in [1.165, 1.54) is 23.5 Å². The molecule has 1 heterocycles. The van der Waals surface area contributed by atoms with E-state index in [-0.39, 0.29) is 5.82 Å². The Morgan fingerprint density at radius 1 is 1.36 bits per heavy atom. The normalized spacial score (nSPS) is 10.5. The lowest BCUT2D eigenvalue weighted by Gasteiger charge is -1.99. The van der Waals surface area contributed by atoms with Crippen molar-refractivity contribution in [2.24, 2.45) is 0 Å². The van der Waals surface area contributed by atoms with E-state index in [4.69, 9.17) is 0 Å². The van der Waals surface area contributed by atoms with Crippen LogP contribution in [0.4, 0.5) is 4.39 Å². The molecule has 2 aromatic rings. The molecule has 0 saturated carbocycles. The van der Waals surface area contributed by atoms with Gasteiger partial charge in [0.15, 0.2) is 3.92 Å². The molecule has 14 heavy (non-hydrogen) atoms. The van der Waals surface area contributed by atoms with E-state index >= 15 is 0 Å². The molecule has 4 heteroatoms. The van der Waals surface area contributed by atoms with Crippen LogP contribution in [0, 0.1) is 12.7 Å². The Bertz CT molecular complexity index is 447. The highest BCUT2D eigenvalue weighted by Crippen LogP contribution is 2.26. The maximum Gasteiger partial charge on any atom is 0.159 e. The number of hydrogen-bond donors (Lipinski definition) is 0. The highest BCUT2D eigenvalue weighted by molar-refractivity contribution is 9.11. The van der Waals surface area contributed by atoms with Gasteiger partial charge in [-0.1, -0.05) is 0 Å². The van der Waals surface area contributed by atoms with Gasteiger partial charge >= 0.3 is 0 Å². The lowest BCUT2D eigenvalue weighted by Crippen LogP contribution is -1.83. The van der Waals surface area contributed by atoms with Gasteiger partial charge in [0.25, 0.3) is 0 Å². The van der Waals surface area contributed by atoms with E-state index in [0.717, 1.165) is 20.7 Å². The maximum atomic E-state index is 13.1. The van der Waals surface area contributed by atoms with Crippen LogP contribution >= 0.6 is 27.3 Å². The molecule has 72 valence electrons. The van der Waals surface area contributed by atoms with E-state index in [2.05, 4.69) is 20.9 Å². The van der Waals surface area contributed by atoms with E-state index < -0.39 is 0 Å². The van der Waals surface area contributed by atoms with Crippen LogP contribution in [0.5, 0.6) is 0 Å². The minimum absolute atomic E-state index is 0.218. The SMILES string of the molecule is Cc1cc(F)cc(-c2csc(Br)n2)c1. The smallest absolute Gasteiger partial charge is 0.159 e. The first kappa shape index (κ1) is 9.80. The van der Waals surface area contributed by atoms with Gasteiger partial charge in [0.05, 0.1) is 5.69 Å². The number of aryl methyl sites for hydroxylation is 1. The van der Waals surface area contributed by atoms with Crippen molar-refractivity contribution >= 4 is 27.3 Å². The number of rotatable bonds is 1. The lowest BCUT2D eigenvalue weighted by atomic mass is 10.1. The second-order valence-corrected chi connectivity index (χ2v) is 5.14. The largest absolute Gasteiger partial charge is 0.229 e. The monoisotopic (exact) mass is 271 g/mol. The number of aromatic nitrogens is 1. The standard InChI is InChI=1S/C10H7BrFNS/c1-6-2-7(4-8(12)3-6)9-5-14-10(11)13-9/h2-5H,1H3. The lowest BCUT2D eigenvalue weighted by molar-refractivity contribution is 0.627. The summed E-state index contributed by atoms with van der Waals surface area (Å²) in [6.45, 7) is 1.87. The first-order valence-corrected chi connectivity index (χ1v) is 5.71. The van der Waals surface area contributed by atoms with Gasteiger partial charge in [-0.2, -0.15) is 0 Å². The molecule has 0 radical (unpaired) electrons. The zero-order chi connectivity index (χ0) is 10.1. The van der Waals surface area contributed by atoms with Crippen molar-refractivity contribution in [3.05, 3.63) is 38.9 Å². The van der Waals surface area contributed by atoms with Crippen molar-refractivity contribution in [2.75, 3.05) is 0 Å². The number of hydrogen-bond acceptors (Lipinski definition) is 2. The quantitative estimate of drug-likeness (QED) is 0.764. The summed E-state index contributed by atoms with van der Waals surface area (Å²) in [5, 5.41) is 1.90. The van der Waals surface area contributed by atoms with Crippen LogP contribution < -0.4 is 0 Å². The van der Waals surface area contributed by atoms with E-state index in [0.29, 0.717) is 0 Å². The van der Waals surface area contributed by atoms with E-state index in [1.807, 2.05) is 18.4 Å². The van der Waals surface area contributed by atoms with Gasteiger partial charge in [-0.05, 0) is 46.6 Å². The molecule has 1 nitrogen and oxygen atoms in total. The molecule has 0 amide bonds. The molecule has 0 atom stereocenters. The molecule has 0 aliphatic carbocycles. The summed E-state index contributed by atoms with van der Waals surface area (Å²) in [6.07, 6.45) is 0. The van der Waals surface area contributed by atoms with Gasteiger partial charge in [-0.25, -0.2) is 9.37 Å². The summed E-state index contributed by atoms with van der Waals surface area (Å²) in [6, 6.07) is 4.92. The molecular formula is C10H7BrFNS. The summed E-state index contributed by atoms with van der Waals surface area (Å²) in [7, 11) is 0. The van der Waals surface area contributed by atoms with Crippen LogP contribution in [0.1, 0.15) is 5.56 Å². The third-order valence-electron chi connectivity index (χ3n) is 1.81. The zero-order valence-corrected chi connectivity index (χ0v) is 9.82. The number of thiazole rings is 1.